The number of carbonyl (C=O) groups is 2. The van der Waals surface area contributed by atoms with Gasteiger partial charge in [-0.3, -0.25) is 4.79 Å². The first kappa shape index (κ1) is 20.0. The number of thiazole rings is 1. The minimum atomic E-state index is -0.589. The van der Waals surface area contributed by atoms with E-state index in [0.717, 1.165) is 16.1 Å². The van der Waals surface area contributed by atoms with Gasteiger partial charge in [0.05, 0.1) is 0 Å². The smallest absolute Gasteiger partial charge is 0.358 e. The number of esters is 1. The summed E-state index contributed by atoms with van der Waals surface area (Å²) >= 11 is 1.37. The second kappa shape index (κ2) is 9.00. The zero-order chi connectivity index (χ0) is 20.9. The molecule has 154 valence electrons. The molecule has 0 unspecified atom stereocenters. The average molecular weight is 423 g/mol. The van der Waals surface area contributed by atoms with E-state index >= 15 is 0 Å². The normalized spacial score (nSPS) is 13.9. The lowest BCUT2D eigenvalue weighted by molar-refractivity contribution is -0.134. The summed E-state index contributed by atoms with van der Waals surface area (Å²) < 4.78 is 5.20. The number of carbonyl (C=O) groups excluding carboxylic acids is 2. The monoisotopic (exact) mass is 423 g/mol. The number of aromatic nitrogens is 3. The molecule has 3 heterocycles. The molecule has 0 atom stereocenters. The molecule has 9 heteroatoms. The van der Waals surface area contributed by atoms with Crippen molar-refractivity contribution < 1.29 is 14.3 Å². The van der Waals surface area contributed by atoms with E-state index in [4.69, 9.17) is 4.74 Å². The molecule has 0 radical (unpaired) electrons. The molecule has 0 saturated carbocycles. The van der Waals surface area contributed by atoms with Gasteiger partial charge >= 0.3 is 5.97 Å². The van der Waals surface area contributed by atoms with E-state index in [0.29, 0.717) is 32.1 Å². The maximum absolute atomic E-state index is 12.4. The molecule has 8 nitrogen and oxygen atoms in total. The summed E-state index contributed by atoms with van der Waals surface area (Å²) in [6.07, 6.45) is 3.39. The molecule has 1 aliphatic rings. The van der Waals surface area contributed by atoms with E-state index < -0.39 is 5.97 Å². The van der Waals surface area contributed by atoms with E-state index in [1.807, 2.05) is 36.1 Å². The number of amides is 1. The molecule has 0 aliphatic carbocycles. The number of aryl methyl sites for hydroxylation is 1. The number of ether oxygens (including phenoxy) is 1. The molecule has 2 aromatic heterocycles. The van der Waals surface area contributed by atoms with Crippen molar-refractivity contribution in [3.05, 3.63) is 59.4 Å². The van der Waals surface area contributed by atoms with Gasteiger partial charge in [-0.25, -0.2) is 19.7 Å². The van der Waals surface area contributed by atoms with Gasteiger partial charge in [-0.1, -0.05) is 29.8 Å². The summed E-state index contributed by atoms with van der Waals surface area (Å²) in [5, 5.41) is 2.40. The standard InChI is InChI=1S/C21H21N5O3S/c1-15-3-5-16(6-4-15)19-24-17(14-30-19)20(28)29-13-18(27)25-9-11-26(12-10-25)21-22-7-2-8-23-21/h2-8,14H,9-13H2,1H3. The Morgan fingerprint density at radius 1 is 1.07 bits per heavy atom. The third kappa shape index (κ3) is 4.62. The molecule has 1 saturated heterocycles. The van der Waals surface area contributed by atoms with Crippen LogP contribution in [-0.2, 0) is 9.53 Å². The first-order valence-electron chi connectivity index (χ1n) is 9.59. The Morgan fingerprint density at radius 3 is 2.47 bits per heavy atom. The van der Waals surface area contributed by atoms with Crippen molar-refractivity contribution >= 4 is 29.2 Å². The molecule has 3 aromatic rings. The highest BCUT2D eigenvalue weighted by Gasteiger charge is 2.24. The van der Waals surface area contributed by atoms with Crippen LogP contribution >= 0.6 is 11.3 Å². The maximum atomic E-state index is 12.4. The van der Waals surface area contributed by atoms with Crippen LogP contribution < -0.4 is 4.90 Å². The van der Waals surface area contributed by atoms with Crippen LogP contribution in [0.2, 0.25) is 0 Å². The number of piperazine rings is 1. The van der Waals surface area contributed by atoms with Gasteiger partial charge in [0.2, 0.25) is 5.95 Å². The number of benzene rings is 1. The van der Waals surface area contributed by atoms with Gasteiger partial charge in [-0.05, 0) is 13.0 Å². The topological polar surface area (TPSA) is 88.5 Å². The Bertz CT molecular complexity index is 1010. The van der Waals surface area contributed by atoms with Crippen LogP contribution in [0, 0.1) is 6.92 Å². The lowest BCUT2D eigenvalue weighted by Crippen LogP contribution is -2.50. The minimum absolute atomic E-state index is 0.217. The second-order valence-electron chi connectivity index (χ2n) is 6.90. The molecule has 0 spiro atoms. The lowest BCUT2D eigenvalue weighted by atomic mass is 10.2. The van der Waals surface area contributed by atoms with E-state index in [1.54, 1.807) is 28.7 Å². The number of rotatable bonds is 5. The van der Waals surface area contributed by atoms with E-state index in [2.05, 4.69) is 15.0 Å². The fourth-order valence-electron chi connectivity index (χ4n) is 3.10. The fourth-order valence-corrected chi connectivity index (χ4v) is 3.89. The number of nitrogens with zero attached hydrogens (tertiary/aromatic N) is 5. The second-order valence-corrected chi connectivity index (χ2v) is 7.75. The summed E-state index contributed by atoms with van der Waals surface area (Å²) in [4.78, 5) is 41.2. The van der Waals surface area contributed by atoms with Crippen LogP contribution in [-0.4, -0.2) is 64.5 Å². The van der Waals surface area contributed by atoms with Crippen molar-refractivity contribution in [2.24, 2.45) is 0 Å². The largest absolute Gasteiger partial charge is 0.451 e. The summed E-state index contributed by atoms with van der Waals surface area (Å²) in [5.74, 6) is -0.149. The third-order valence-electron chi connectivity index (χ3n) is 4.81. The Kier molecular flexibility index (Phi) is 5.99. The highest BCUT2D eigenvalue weighted by Crippen LogP contribution is 2.24. The number of anilines is 1. The highest BCUT2D eigenvalue weighted by atomic mass is 32.1. The SMILES string of the molecule is Cc1ccc(-c2nc(C(=O)OCC(=O)N3CCN(c4ncccn4)CC3)cs2)cc1. The fraction of sp³-hybridized carbons (Fsp3) is 0.286. The Hall–Kier alpha value is -3.33. The quantitative estimate of drug-likeness (QED) is 0.582. The minimum Gasteiger partial charge on any atom is -0.451 e. The van der Waals surface area contributed by atoms with Gasteiger partial charge in [-0.2, -0.15) is 0 Å². The van der Waals surface area contributed by atoms with Crippen LogP contribution in [0.5, 0.6) is 0 Å². The van der Waals surface area contributed by atoms with Gasteiger partial charge in [0.15, 0.2) is 12.3 Å². The molecular weight excluding hydrogens is 402 g/mol. The van der Waals surface area contributed by atoms with Gasteiger partial charge < -0.3 is 14.5 Å². The zero-order valence-electron chi connectivity index (χ0n) is 16.5. The third-order valence-corrected chi connectivity index (χ3v) is 5.70. The van der Waals surface area contributed by atoms with Crippen molar-refractivity contribution in [1.82, 2.24) is 19.9 Å². The van der Waals surface area contributed by atoms with Crippen molar-refractivity contribution in [2.45, 2.75) is 6.92 Å². The molecule has 1 aliphatic heterocycles. The van der Waals surface area contributed by atoms with Crippen molar-refractivity contribution in [2.75, 3.05) is 37.7 Å². The molecule has 0 N–H and O–H groups in total. The Labute approximate surface area is 178 Å². The molecular formula is C21H21N5O3S. The number of hydrogen-bond donors (Lipinski definition) is 0. The van der Waals surface area contributed by atoms with Crippen LogP contribution in [0.15, 0.2) is 48.1 Å². The average Bonchev–Trinajstić information content (AvgIpc) is 3.29. The van der Waals surface area contributed by atoms with Crippen molar-refractivity contribution in [3.8, 4) is 10.6 Å². The van der Waals surface area contributed by atoms with Crippen LogP contribution in [0.3, 0.4) is 0 Å². The van der Waals surface area contributed by atoms with Crippen LogP contribution in [0.1, 0.15) is 16.1 Å². The Balaban J connectivity index is 1.27. The van der Waals surface area contributed by atoms with E-state index in [-0.39, 0.29) is 18.2 Å². The van der Waals surface area contributed by atoms with Crippen molar-refractivity contribution in [1.29, 1.82) is 0 Å². The maximum Gasteiger partial charge on any atom is 0.358 e. The summed E-state index contributed by atoms with van der Waals surface area (Å²) in [6, 6.07) is 9.69. The van der Waals surface area contributed by atoms with E-state index in [9.17, 15) is 9.59 Å². The molecule has 30 heavy (non-hydrogen) atoms. The zero-order valence-corrected chi connectivity index (χ0v) is 17.3. The molecule has 1 aromatic carbocycles. The molecule has 1 fully saturated rings. The van der Waals surface area contributed by atoms with Gasteiger partial charge in [0.25, 0.3) is 5.91 Å². The van der Waals surface area contributed by atoms with Gasteiger partial charge in [0.1, 0.15) is 5.01 Å². The Morgan fingerprint density at radius 2 is 1.77 bits per heavy atom. The first-order valence-corrected chi connectivity index (χ1v) is 10.5. The highest BCUT2D eigenvalue weighted by molar-refractivity contribution is 7.13. The van der Waals surface area contributed by atoms with Gasteiger partial charge in [0, 0.05) is 49.5 Å². The predicted octanol–water partition coefficient (Wildman–Crippen LogP) is 2.41. The van der Waals surface area contributed by atoms with Gasteiger partial charge in [-0.15, -0.1) is 11.3 Å². The lowest BCUT2D eigenvalue weighted by Gasteiger charge is -2.34. The summed E-state index contributed by atoms with van der Waals surface area (Å²) in [7, 11) is 0. The molecule has 4 rings (SSSR count). The predicted molar refractivity (Wildman–Crippen MR) is 113 cm³/mol. The first-order chi connectivity index (χ1) is 14.6. The van der Waals surface area contributed by atoms with Crippen LogP contribution in [0.25, 0.3) is 10.6 Å². The molecule has 0 bridgehead atoms. The summed E-state index contributed by atoms with van der Waals surface area (Å²) in [6.45, 7) is 4.05. The van der Waals surface area contributed by atoms with Crippen molar-refractivity contribution in [3.63, 3.8) is 0 Å². The number of hydrogen-bond acceptors (Lipinski definition) is 8. The molecule has 1 amide bonds. The summed E-state index contributed by atoms with van der Waals surface area (Å²) in [5.41, 5.74) is 2.32. The van der Waals surface area contributed by atoms with Crippen LogP contribution in [0.4, 0.5) is 5.95 Å². The van der Waals surface area contributed by atoms with E-state index in [1.165, 1.54) is 11.3 Å².